The van der Waals surface area contributed by atoms with Crippen molar-refractivity contribution in [3.63, 3.8) is 0 Å². The summed E-state index contributed by atoms with van der Waals surface area (Å²) in [4.78, 5) is 11.7. The molecule has 0 bridgehead atoms. The van der Waals surface area contributed by atoms with Crippen molar-refractivity contribution in [1.82, 2.24) is 4.57 Å². The maximum atomic E-state index is 14.0. The van der Waals surface area contributed by atoms with E-state index < -0.39 is 27.4 Å². The largest absolute Gasteiger partial charge is 0.480 e. The molecule has 0 saturated carbocycles. The highest BCUT2D eigenvalue weighted by Crippen LogP contribution is 2.49. The molecule has 0 aliphatic carbocycles. The Morgan fingerprint density at radius 3 is 1.55 bits per heavy atom. The molecular formula is C23H50NO3PSi. The van der Waals surface area contributed by atoms with Crippen LogP contribution in [-0.4, -0.2) is 48.5 Å². The smallest absolute Gasteiger partial charge is 0.319 e. The molecule has 0 aliphatic rings. The Morgan fingerprint density at radius 2 is 1.21 bits per heavy atom. The quantitative estimate of drug-likeness (QED) is 0.126. The molecule has 0 amide bonds. The van der Waals surface area contributed by atoms with E-state index in [1.54, 1.807) is 6.92 Å². The van der Waals surface area contributed by atoms with Crippen molar-refractivity contribution >= 4 is 21.3 Å². The van der Waals surface area contributed by atoms with Crippen LogP contribution in [-0.2, 0) is 9.36 Å². The monoisotopic (exact) mass is 447 g/mol. The summed E-state index contributed by atoms with van der Waals surface area (Å²) < 4.78 is 16.1. The first-order chi connectivity index (χ1) is 13.6. The van der Waals surface area contributed by atoms with Crippen LogP contribution in [0.15, 0.2) is 0 Å². The Morgan fingerprint density at radius 1 is 0.828 bits per heavy atom. The Kier molecular flexibility index (Phi) is 15.6. The molecule has 0 aromatic carbocycles. The first kappa shape index (κ1) is 28.9. The van der Waals surface area contributed by atoms with Crippen molar-refractivity contribution in [3.8, 4) is 0 Å². The molecule has 174 valence electrons. The number of carboxylic acids is 1. The summed E-state index contributed by atoms with van der Waals surface area (Å²) >= 11 is 0. The van der Waals surface area contributed by atoms with Crippen LogP contribution in [0.3, 0.4) is 0 Å². The predicted octanol–water partition coefficient (Wildman–Crippen LogP) is 7.64. The van der Waals surface area contributed by atoms with Gasteiger partial charge in [0.2, 0.25) is 0 Å². The van der Waals surface area contributed by atoms with Crippen LogP contribution in [0, 0.1) is 0 Å². The number of carboxylic acid groups (broad SMARTS) is 1. The van der Waals surface area contributed by atoms with E-state index in [0.717, 1.165) is 38.0 Å². The lowest BCUT2D eigenvalue weighted by Crippen LogP contribution is -2.54. The zero-order chi connectivity index (χ0) is 22.3. The lowest BCUT2D eigenvalue weighted by molar-refractivity contribution is -0.140. The van der Waals surface area contributed by atoms with Crippen LogP contribution < -0.4 is 0 Å². The molecular weight excluding hydrogens is 397 g/mol. The fraction of sp³-hybridized carbons (Fsp3) is 0.957. The molecule has 0 saturated heterocycles. The van der Waals surface area contributed by atoms with Gasteiger partial charge in [0.05, 0.1) is 6.04 Å². The van der Waals surface area contributed by atoms with Crippen LogP contribution in [0.4, 0.5) is 0 Å². The Balaban J connectivity index is 4.97. The molecule has 1 atom stereocenters. The molecule has 0 aromatic heterocycles. The topological polar surface area (TPSA) is 57.6 Å². The fourth-order valence-electron chi connectivity index (χ4n) is 3.94. The van der Waals surface area contributed by atoms with E-state index >= 15 is 0 Å². The minimum Gasteiger partial charge on any atom is -0.480 e. The summed E-state index contributed by atoms with van der Waals surface area (Å²) in [5.74, 6) is -0.793. The minimum absolute atomic E-state index is 0.500. The third-order valence-electron chi connectivity index (χ3n) is 5.94. The normalized spacial score (nSPS) is 13.8. The highest BCUT2D eigenvalue weighted by Gasteiger charge is 2.36. The minimum atomic E-state index is -2.38. The highest BCUT2D eigenvalue weighted by atomic mass is 31.2. The third kappa shape index (κ3) is 13.7. The molecule has 6 heteroatoms. The van der Waals surface area contributed by atoms with Gasteiger partial charge < -0.3 is 14.2 Å². The lowest BCUT2D eigenvalue weighted by atomic mass is 10.1. The Bertz CT molecular complexity index is 459. The zero-order valence-corrected chi connectivity index (χ0v) is 22.2. The molecule has 4 nitrogen and oxygen atoms in total. The maximum absolute atomic E-state index is 14.0. The van der Waals surface area contributed by atoms with Crippen molar-refractivity contribution in [3.05, 3.63) is 0 Å². The Hall–Kier alpha value is -0.123. The van der Waals surface area contributed by atoms with Gasteiger partial charge in [-0.3, -0.25) is 4.79 Å². The fourth-order valence-corrected chi connectivity index (χ4v) is 10.6. The van der Waals surface area contributed by atoms with E-state index in [0.29, 0.717) is 6.29 Å². The van der Waals surface area contributed by atoms with Gasteiger partial charge in [0.15, 0.2) is 0 Å². The summed E-state index contributed by atoms with van der Waals surface area (Å²) in [5, 5.41) is 9.60. The maximum Gasteiger partial charge on any atom is 0.319 e. The summed E-state index contributed by atoms with van der Waals surface area (Å²) in [6.07, 6.45) is 16.5. The zero-order valence-electron chi connectivity index (χ0n) is 20.3. The molecule has 0 aliphatic heterocycles. The first-order valence-corrected chi connectivity index (χ1v) is 17.8. The van der Waals surface area contributed by atoms with Crippen molar-refractivity contribution in [1.29, 1.82) is 0 Å². The van der Waals surface area contributed by atoms with Crippen LogP contribution in [0.5, 0.6) is 0 Å². The second-order valence-corrected chi connectivity index (χ2v) is 18.0. The van der Waals surface area contributed by atoms with E-state index in [9.17, 15) is 14.5 Å². The molecule has 0 heterocycles. The van der Waals surface area contributed by atoms with Crippen molar-refractivity contribution in [2.24, 2.45) is 0 Å². The van der Waals surface area contributed by atoms with Crippen molar-refractivity contribution in [2.45, 2.75) is 124 Å². The molecule has 1 N–H and O–H groups in total. The lowest BCUT2D eigenvalue weighted by Gasteiger charge is -2.39. The van der Waals surface area contributed by atoms with E-state index in [1.807, 2.05) is 0 Å². The van der Waals surface area contributed by atoms with Gasteiger partial charge in [0.25, 0.3) is 0 Å². The molecule has 0 spiro atoms. The van der Waals surface area contributed by atoms with E-state index in [-0.39, 0.29) is 0 Å². The van der Waals surface area contributed by atoms with Crippen LogP contribution >= 0.6 is 7.14 Å². The molecule has 0 fully saturated rings. The Labute approximate surface area is 182 Å². The number of rotatable bonds is 19. The number of hydrogen-bond donors (Lipinski definition) is 1. The standard InChI is InChI=1S/C23H50NO3PSi/c1-7-9-11-13-15-17-19-28(27,20-18-16-14-12-10-8-2)21-24(29(4,5)6)22(3)23(25)26/h22H,7-21H2,1-6H3,(H,25,26)/t22-/m0/s1. The summed E-state index contributed by atoms with van der Waals surface area (Å²) in [6.45, 7) is 12.7. The predicted molar refractivity (Wildman–Crippen MR) is 131 cm³/mol. The van der Waals surface area contributed by atoms with Crippen LogP contribution in [0.25, 0.3) is 0 Å². The van der Waals surface area contributed by atoms with Gasteiger partial charge in [0, 0.05) is 18.6 Å². The average molecular weight is 448 g/mol. The van der Waals surface area contributed by atoms with Gasteiger partial charge >= 0.3 is 5.97 Å². The third-order valence-corrected chi connectivity index (χ3v) is 11.6. The SMILES string of the molecule is CCCCCCCCP(=O)(CCCCCCCC)CN([C@@H](C)C(=O)O)[Si](C)(C)C. The average Bonchev–Trinajstić information content (AvgIpc) is 2.64. The highest BCUT2D eigenvalue weighted by molar-refractivity contribution is 7.63. The molecule has 0 aromatic rings. The molecule has 29 heavy (non-hydrogen) atoms. The van der Waals surface area contributed by atoms with Gasteiger partial charge in [-0.15, -0.1) is 0 Å². The van der Waals surface area contributed by atoms with Crippen molar-refractivity contribution in [2.75, 3.05) is 18.6 Å². The van der Waals surface area contributed by atoms with Gasteiger partial charge in [0.1, 0.15) is 15.4 Å². The van der Waals surface area contributed by atoms with E-state index in [1.165, 1.54) is 51.4 Å². The van der Waals surface area contributed by atoms with Gasteiger partial charge in [-0.2, -0.15) is 0 Å². The summed E-state index contributed by atoms with van der Waals surface area (Å²) in [5.41, 5.74) is 0. The van der Waals surface area contributed by atoms with Gasteiger partial charge in [-0.1, -0.05) is 97.7 Å². The first-order valence-electron chi connectivity index (χ1n) is 12.1. The van der Waals surface area contributed by atoms with Gasteiger partial charge in [-0.25, -0.2) is 0 Å². The van der Waals surface area contributed by atoms with E-state index in [4.69, 9.17) is 0 Å². The number of unbranched alkanes of at least 4 members (excludes halogenated alkanes) is 10. The second kappa shape index (κ2) is 15.6. The van der Waals surface area contributed by atoms with Crippen LogP contribution in [0.1, 0.15) is 97.8 Å². The number of nitrogens with zero attached hydrogens (tertiary/aromatic N) is 1. The molecule has 0 rings (SSSR count). The number of carbonyl (C=O) groups is 1. The van der Waals surface area contributed by atoms with E-state index in [2.05, 4.69) is 38.1 Å². The van der Waals surface area contributed by atoms with Crippen molar-refractivity contribution < 1.29 is 14.5 Å². The number of aliphatic carboxylic acids is 1. The van der Waals surface area contributed by atoms with Crippen LogP contribution in [0.2, 0.25) is 19.6 Å². The molecule has 0 radical (unpaired) electrons. The summed E-state index contributed by atoms with van der Waals surface area (Å²) in [6, 6.07) is -0.552. The van der Waals surface area contributed by atoms with Gasteiger partial charge in [-0.05, 0) is 19.8 Å². The second-order valence-electron chi connectivity index (χ2n) is 9.84. The summed E-state index contributed by atoms with van der Waals surface area (Å²) in [7, 11) is -4.25. The number of hydrogen-bond acceptors (Lipinski definition) is 3. The molecule has 0 unspecified atom stereocenters.